The maximum atomic E-state index is 11.7. The molecule has 0 spiro atoms. The number of hydrogen-bond donors (Lipinski definition) is 2. The quantitative estimate of drug-likeness (QED) is 0.253. The molecule has 0 saturated carbocycles. The molecule has 1 aliphatic heterocycles. The molecule has 5 nitrogen and oxygen atoms in total. The first-order chi connectivity index (χ1) is 19.1. The second kappa shape index (κ2) is 9.86. The minimum Gasteiger partial charge on any atom is -0.507 e. The molecule has 0 aliphatic carbocycles. The van der Waals surface area contributed by atoms with Crippen LogP contribution in [0.3, 0.4) is 0 Å². The summed E-state index contributed by atoms with van der Waals surface area (Å²) < 4.78 is 17.8. The molecule has 0 radical (unpaired) electrons. The summed E-state index contributed by atoms with van der Waals surface area (Å²) in [7, 11) is 3.28. The van der Waals surface area contributed by atoms with E-state index in [4.69, 9.17) is 14.2 Å². The summed E-state index contributed by atoms with van der Waals surface area (Å²) in [6.45, 7) is -0.134. The molecule has 0 amide bonds. The van der Waals surface area contributed by atoms with Crippen molar-refractivity contribution in [3.05, 3.63) is 125 Å². The Balaban J connectivity index is 1.62. The number of rotatable bonds is 6. The lowest BCUT2D eigenvalue weighted by Crippen LogP contribution is -2.34. The Hall–Kier alpha value is -4.74. The Labute approximate surface area is 227 Å². The lowest BCUT2D eigenvalue weighted by atomic mass is 9.82. The van der Waals surface area contributed by atoms with Crippen LogP contribution < -0.4 is 14.2 Å². The molecule has 39 heavy (non-hydrogen) atoms. The maximum absolute atomic E-state index is 11.7. The summed E-state index contributed by atoms with van der Waals surface area (Å²) >= 11 is 0. The van der Waals surface area contributed by atoms with Crippen molar-refractivity contribution in [3.8, 4) is 34.1 Å². The fourth-order valence-corrected chi connectivity index (χ4v) is 5.40. The normalized spacial score (nSPS) is 13.5. The molecular formula is C34H28O5. The number of phenolic OH excluding ortho intramolecular Hbond substituents is 1. The van der Waals surface area contributed by atoms with Crippen molar-refractivity contribution in [2.24, 2.45) is 0 Å². The van der Waals surface area contributed by atoms with Crippen LogP contribution in [0.4, 0.5) is 0 Å². The van der Waals surface area contributed by atoms with E-state index in [2.05, 4.69) is 0 Å². The van der Waals surface area contributed by atoms with Gasteiger partial charge in [0, 0.05) is 22.1 Å². The van der Waals surface area contributed by atoms with Gasteiger partial charge in [0.1, 0.15) is 23.0 Å². The van der Waals surface area contributed by atoms with Crippen molar-refractivity contribution in [2.75, 3.05) is 14.2 Å². The van der Waals surface area contributed by atoms with Gasteiger partial charge in [0.05, 0.1) is 26.4 Å². The van der Waals surface area contributed by atoms with E-state index in [1.54, 1.807) is 14.2 Å². The van der Waals surface area contributed by atoms with Gasteiger partial charge in [-0.3, -0.25) is 0 Å². The zero-order chi connectivity index (χ0) is 27.0. The van der Waals surface area contributed by atoms with Crippen LogP contribution in [-0.4, -0.2) is 24.4 Å². The molecule has 6 rings (SSSR count). The number of methoxy groups -OCH3 is 2. The second-order valence-corrected chi connectivity index (χ2v) is 9.46. The predicted molar refractivity (Wildman–Crippen MR) is 153 cm³/mol. The van der Waals surface area contributed by atoms with Crippen molar-refractivity contribution in [1.29, 1.82) is 0 Å². The monoisotopic (exact) mass is 516 g/mol. The minimum atomic E-state index is -0.967. The summed E-state index contributed by atoms with van der Waals surface area (Å²) in [5.74, 6) is 2.19. The lowest BCUT2D eigenvalue weighted by molar-refractivity contribution is 0.163. The van der Waals surface area contributed by atoms with Crippen LogP contribution in [0.2, 0.25) is 0 Å². The Morgan fingerprint density at radius 2 is 1.28 bits per heavy atom. The summed E-state index contributed by atoms with van der Waals surface area (Å²) in [6, 6.07) is 31.1. The number of ether oxygens (including phenoxy) is 3. The van der Waals surface area contributed by atoms with Crippen LogP contribution in [0.25, 0.3) is 28.0 Å². The predicted octanol–water partition coefficient (Wildman–Crippen LogP) is 7.07. The highest BCUT2D eigenvalue weighted by Crippen LogP contribution is 2.52. The SMILES string of the molecule is COc1ccc(C2(c3ccc(OC)cc3)C=Cc3c(O)c(-c4ccccc4CO)c4ccccc4c3O2)cc1. The molecule has 0 bridgehead atoms. The highest BCUT2D eigenvalue weighted by atomic mass is 16.5. The van der Waals surface area contributed by atoms with Gasteiger partial charge in [-0.05, 0) is 52.9 Å². The van der Waals surface area contributed by atoms with E-state index >= 15 is 0 Å². The largest absolute Gasteiger partial charge is 0.507 e. The molecule has 0 fully saturated rings. The maximum Gasteiger partial charge on any atom is 0.178 e. The Kier molecular flexibility index (Phi) is 6.21. The summed E-state index contributed by atoms with van der Waals surface area (Å²) in [6.07, 6.45) is 3.91. The van der Waals surface area contributed by atoms with Crippen molar-refractivity contribution >= 4 is 16.8 Å². The number of aromatic hydroxyl groups is 1. The highest BCUT2D eigenvalue weighted by Gasteiger charge is 2.39. The van der Waals surface area contributed by atoms with E-state index in [0.29, 0.717) is 16.9 Å². The first-order valence-corrected chi connectivity index (χ1v) is 12.7. The summed E-state index contributed by atoms with van der Waals surface area (Å²) in [5.41, 5.74) is 3.64. The molecule has 5 aromatic carbocycles. The Morgan fingerprint density at radius 3 is 1.87 bits per heavy atom. The molecule has 194 valence electrons. The molecule has 0 unspecified atom stereocenters. The van der Waals surface area contributed by atoms with Crippen LogP contribution >= 0.6 is 0 Å². The van der Waals surface area contributed by atoms with Gasteiger partial charge in [0.15, 0.2) is 5.60 Å². The first kappa shape index (κ1) is 24.6. The zero-order valence-electron chi connectivity index (χ0n) is 21.7. The van der Waals surface area contributed by atoms with E-state index in [1.807, 2.05) is 109 Å². The van der Waals surface area contributed by atoms with Crippen molar-refractivity contribution in [1.82, 2.24) is 0 Å². The van der Waals surface area contributed by atoms with Crippen LogP contribution in [0.5, 0.6) is 23.0 Å². The molecule has 1 heterocycles. The topological polar surface area (TPSA) is 68.2 Å². The Morgan fingerprint density at radius 1 is 0.718 bits per heavy atom. The zero-order valence-corrected chi connectivity index (χ0v) is 21.7. The number of aliphatic hydroxyl groups is 1. The van der Waals surface area contributed by atoms with Crippen molar-refractivity contribution in [3.63, 3.8) is 0 Å². The van der Waals surface area contributed by atoms with E-state index in [0.717, 1.165) is 44.5 Å². The van der Waals surface area contributed by atoms with E-state index in [-0.39, 0.29) is 12.4 Å². The third-order valence-corrected chi connectivity index (χ3v) is 7.42. The van der Waals surface area contributed by atoms with Gasteiger partial charge >= 0.3 is 0 Å². The molecule has 2 N–H and O–H groups in total. The smallest absolute Gasteiger partial charge is 0.178 e. The summed E-state index contributed by atoms with van der Waals surface area (Å²) in [4.78, 5) is 0. The van der Waals surface area contributed by atoms with Gasteiger partial charge in [-0.2, -0.15) is 0 Å². The number of benzene rings is 5. The second-order valence-electron chi connectivity index (χ2n) is 9.46. The van der Waals surface area contributed by atoms with Gasteiger partial charge < -0.3 is 24.4 Å². The fraction of sp³-hybridized carbons (Fsp3) is 0.118. The average Bonchev–Trinajstić information content (AvgIpc) is 3.01. The van der Waals surface area contributed by atoms with Gasteiger partial charge in [0.2, 0.25) is 0 Å². The molecular weight excluding hydrogens is 488 g/mol. The molecule has 0 aromatic heterocycles. The highest BCUT2D eigenvalue weighted by molar-refractivity contribution is 6.07. The minimum absolute atomic E-state index is 0.110. The molecule has 5 heteroatoms. The van der Waals surface area contributed by atoms with E-state index < -0.39 is 5.60 Å². The molecule has 5 aromatic rings. The van der Waals surface area contributed by atoms with E-state index in [9.17, 15) is 10.2 Å². The van der Waals surface area contributed by atoms with Crippen molar-refractivity contribution < 1.29 is 24.4 Å². The van der Waals surface area contributed by atoms with Gasteiger partial charge in [0.25, 0.3) is 0 Å². The third-order valence-electron chi connectivity index (χ3n) is 7.42. The van der Waals surface area contributed by atoms with E-state index in [1.165, 1.54) is 0 Å². The molecule has 0 atom stereocenters. The number of fused-ring (bicyclic) bond motifs is 3. The van der Waals surface area contributed by atoms with Crippen molar-refractivity contribution in [2.45, 2.75) is 12.2 Å². The standard InChI is InChI=1S/C34H28O5/c1-37-25-15-11-23(12-16-25)34(24-13-17-26(38-2)18-14-24)20-19-30-32(36)31(27-8-4-3-7-22(27)21-35)28-9-5-6-10-29(28)33(30)39-34/h3-20,35-36H,21H2,1-2H3. The molecule has 1 aliphatic rings. The van der Waals surface area contributed by atoms with Crippen LogP contribution in [0, 0.1) is 0 Å². The first-order valence-electron chi connectivity index (χ1n) is 12.7. The number of aliphatic hydroxyl groups excluding tert-OH is 1. The average molecular weight is 517 g/mol. The lowest BCUT2D eigenvalue weighted by Gasteiger charge is -2.37. The van der Waals surface area contributed by atoms with Crippen LogP contribution in [-0.2, 0) is 12.2 Å². The van der Waals surface area contributed by atoms with Gasteiger partial charge in [-0.15, -0.1) is 0 Å². The fourth-order valence-electron chi connectivity index (χ4n) is 5.40. The number of hydrogen-bond acceptors (Lipinski definition) is 5. The summed E-state index contributed by atoms with van der Waals surface area (Å²) in [5, 5.41) is 23.4. The van der Waals surface area contributed by atoms with Crippen LogP contribution in [0.15, 0.2) is 103 Å². The Bertz CT molecular complexity index is 1640. The van der Waals surface area contributed by atoms with Gasteiger partial charge in [-0.1, -0.05) is 72.8 Å². The number of phenols is 1. The van der Waals surface area contributed by atoms with Crippen LogP contribution in [0.1, 0.15) is 22.3 Å². The van der Waals surface area contributed by atoms with Gasteiger partial charge in [-0.25, -0.2) is 0 Å². The third kappa shape index (κ3) is 3.99. The molecule has 0 saturated heterocycles.